The highest BCUT2D eigenvalue weighted by molar-refractivity contribution is 5.97. The molecule has 2 atom stereocenters. The number of rotatable bonds is 4. The van der Waals surface area contributed by atoms with Gasteiger partial charge in [0.2, 0.25) is 11.8 Å². The molecule has 3 aliphatic rings. The van der Waals surface area contributed by atoms with Crippen LogP contribution in [0.15, 0.2) is 48.5 Å². The third-order valence-corrected chi connectivity index (χ3v) is 7.66. The fraction of sp³-hybridized carbons (Fsp3) is 0.407. The fourth-order valence-corrected chi connectivity index (χ4v) is 6.00. The summed E-state index contributed by atoms with van der Waals surface area (Å²) in [4.78, 5) is 36.8. The monoisotopic (exact) mass is 458 g/mol. The van der Waals surface area contributed by atoms with Gasteiger partial charge in [-0.1, -0.05) is 36.8 Å². The van der Waals surface area contributed by atoms with Crippen LogP contribution < -0.4 is 0 Å². The second kappa shape index (κ2) is 8.47. The maximum Gasteiger partial charge on any atom is 0.246 e. The van der Waals surface area contributed by atoms with Crippen LogP contribution in [-0.4, -0.2) is 75.4 Å². The van der Waals surface area contributed by atoms with Crippen molar-refractivity contribution >= 4 is 22.7 Å². The van der Waals surface area contributed by atoms with Gasteiger partial charge in [0.05, 0.1) is 12.6 Å². The van der Waals surface area contributed by atoms with E-state index in [0.717, 1.165) is 47.4 Å². The molecule has 4 heterocycles. The van der Waals surface area contributed by atoms with Gasteiger partial charge in [-0.05, 0) is 55.3 Å². The summed E-state index contributed by atoms with van der Waals surface area (Å²) in [6, 6.07) is 14.1. The second-order valence-corrected chi connectivity index (χ2v) is 9.74. The van der Waals surface area contributed by atoms with Crippen LogP contribution in [0.4, 0.5) is 0 Å². The quantitative estimate of drug-likeness (QED) is 0.630. The first-order valence-corrected chi connectivity index (χ1v) is 12.3. The van der Waals surface area contributed by atoms with Gasteiger partial charge in [0.25, 0.3) is 0 Å². The predicted octanol–water partition coefficient (Wildman–Crippen LogP) is 3.04. The van der Waals surface area contributed by atoms with Crippen molar-refractivity contribution in [2.24, 2.45) is 0 Å². The van der Waals surface area contributed by atoms with Crippen molar-refractivity contribution in [1.29, 1.82) is 0 Å². The number of piperazine rings is 1. The largest absolute Gasteiger partial charge is 0.508 e. The van der Waals surface area contributed by atoms with Gasteiger partial charge in [-0.15, -0.1) is 0 Å². The van der Waals surface area contributed by atoms with E-state index in [-0.39, 0.29) is 24.1 Å². The van der Waals surface area contributed by atoms with Crippen LogP contribution in [0.5, 0.6) is 5.75 Å². The molecular formula is C27H30N4O3. The Hall–Kier alpha value is -3.32. The van der Waals surface area contributed by atoms with Crippen molar-refractivity contribution in [2.75, 3.05) is 32.7 Å². The molecule has 2 N–H and O–H groups in total. The van der Waals surface area contributed by atoms with E-state index < -0.39 is 12.1 Å². The number of aromatic nitrogens is 1. The van der Waals surface area contributed by atoms with Crippen molar-refractivity contribution in [3.8, 4) is 5.75 Å². The summed E-state index contributed by atoms with van der Waals surface area (Å²) in [5, 5.41) is 11.3. The number of H-pyrrole nitrogens is 1. The van der Waals surface area contributed by atoms with E-state index in [1.165, 1.54) is 19.3 Å². The van der Waals surface area contributed by atoms with Gasteiger partial charge in [0.15, 0.2) is 0 Å². The summed E-state index contributed by atoms with van der Waals surface area (Å²) in [6.45, 7) is 3.66. The molecule has 0 spiro atoms. The van der Waals surface area contributed by atoms with Crippen molar-refractivity contribution in [2.45, 2.75) is 37.8 Å². The molecule has 3 aromatic rings. The molecule has 34 heavy (non-hydrogen) atoms. The van der Waals surface area contributed by atoms with E-state index in [1.54, 1.807) is 28.0 Å². The number of phenols is 1. The number of hydrogen-bond donors (Lipinski definition) is 2. The summed E-state index contributed by atoms with van der Waals surface area (Å²) < 4.78 is 0. The number of piperidine rings is 1. The SMILES string of the molecule is O=C1C2Cc3c([nH]c4ccccc34)C(c3cccc(O)c3)N2C(=O)CN1CCN1CCCCC1. The van der Waals surface area contributed by atoms with Crippen LogP contribution in [0, 0.1) is 0 Å². The minimum Gasteiger partial charge on any atom is -0.508 e. The van der Waals surface area contributed by atoms with Gasteiger partial charge < -0.3 is 24.8 Å². The number of carbonyl (C=O) groups is 2. The number of fused-ring (bicyclic) bond motifs is 4. The first-order valence-electron chi connectivity index (χ1n) is 12.3. The number of carbonyl (C=O) groups excluding carboxylic acids is 2. The Balaban J connectivity index is 1.37. The Kier molecular flexibility index (Phi) is 5.29. The number of hydrogen-bond acceptors (Lipinski definition) is 4. The molecule has 0 aliphatic carbocycles. The number of phenolic OH excluding ortho intramolecular Hbond substituents is 1. The minimum absolute atomic E-state index is 0.0256. The summed E-state index contributed by atoms with van der Waals surface area (Å²) in [5.74, 6) is 0.134. The Morgan fingerprint density at radius 2 is 1.79 bits per heavy atom. The smallest absolute Gasteiger partial charge is 0.246 e. The van der Waals surface area contributed by atoms with E-state index in [9.17, 15) is 14.7 Å². The molecule has 2 fully saturated rings. The summed E-state index contributed by atoms with van der Waals surface area (Å²) in [5.41, 5.74) is 3.83. The first kappa shape index (κ1) is 21.2. The standard InChI is InChI=1S/C27H30N4O3/c32-19-8-6-7-18(15-19)26-25-21(20-9-2-3-10-22(20)28-25)16-23-27(34)30(17-24(33)31(23)26)14-13-29-11-4-1-5-12-29/h2-3,6-10,15,23,26,28,32H,1,4-5,11-14,16-17H2. The molecular weight excluding hydrogens is 428 g/mol. The summed E-state index contributed by atoms with van der Waals surface area (Å²) >= 11 is 0. The molecule has 0 bridgehead atoms. The van der Waals surface area contributed by atoms with Gasteiger partial charge in [-0.3, -0.25) is 9.59 Å². The van der Waals surface area contributed by atoms with Gasteiger partial charge in [0.1, 0.15) is 11.8 Å². The predicted molar refractivity (Wildman–Crippen MR) is 129 cm³/mol. The number of aromatic hydroxyl groups is 1. The van der Waals surface area contributed by atoms with E-state index in [4.69, 9.17) is 0 Å². The molecule has 0 radical (unpaired) electrons. The lowest BCUT2D eigenvalue weighted by Crippen LogP contribution is -2.63. The van der Waals surface area contributed by atoms with Gasteiger partial charge in [-0.2, -0.15) is 0 Å². The van der Waals surface area contributed by atoms with Crippen molar-refractivity contribution in [3.63, 3.8) is 0 Å². The lowest BCUT2D eigenvalue weighted by atomic mass is 9.86. The topological polar surface area (TPSA) is 79.9 Å². The van der Waals surface area contributed by atoms with Crippen molar-refractivity contribution in [1.82, 2.24) is 19.7 Å². The molecule has 7 heteroatoms. The number of nitrogens with one attached hydrogen (secondary N) is 1. The average Bonchev–Trinajstić information content (AvgIpc) is 3.23. The fourth-order valence-electron chi connectivity index (χ4n) is 6.00. The number of amides is 2. The van der Waals surface area contributed by atoms with Gasteiger partial charge >= 0.3 is 0 Å². The molecule has 2 unspecified atom stereocenters. The zero-order valence-electron chi connectivity index (χ0n) is 19.2. The Morgan fingerprint density at radius 1 is 0.971 bits per heavy atom. The van der Waals surface area contributed by atoms with Gasteiger partial charge in [0, 0.05) is 36.1 Å². The Labute approximate surface area is 199 Å². The number of para-hydroxylation sites is 1. The molecule has 0 saturated carbocycles. The normalized spacial score (nSPS) is 23.3. The number of benzene rings is 2. The molecule has 176 valence electrons. The summed E-state index contributed by atoms with van der Waals surface area (Å²) in [7, 11) is 0. The number of nitrogens with zero attached hydrogens (tertiary/aromatic N) is 3. The van der Waals surface area contributed by atoms with E-state index in [0.29, 0.717) is 13.0 Å². The van der Waals surface area contributed by atoms with Crippen molar-refractivity contribution < 1.29 is 14.7 Å². The second-order valence-electron chi connectivity index (χ2n) is 9.74. The van der Waals surface area contributed by atoms with Crippen LogP contribution in [0.3, 0.4) is 0 Å². The van der Waals surface area contributed by atoms with Crippen LogP contribution in [-0.2, 0) is 16.0 Å². The first-order chi connectivity index (χ1) is 16.6. The third kappa shape index (κ3) is 3.55. The lowest BCUT2D eigenvalue weighted by Gasteiger charge is -2.47. The zero-order chi connectivity index (χ0) is 23.2. The average molecular weight is 459 g/mol. The van der Waals surface area contributed by atoms with Crippen LogP contribution in [0.25, 0.3) is 10.9 Å². The van der Waals surface area contributed by atoms with E-state index >= 15 is 0 Å². The molecule has 2 aromatic carbocycles. The van der Waals surface area contributed by atoms with Crippen LogP contribution in [0.2, 0.25) is 0 Å². The lowest BCUT2D eigenvalue weighted by molar-refractivity contribution is -0.158. The molecule has 6 rings (SSSR count). The maximum absolute atomic E-state index is 13.7. The highest BCUT2D eigenvalue weighted by atomic mass is 16.3. The van der Waals surface area contributed by atoms with E-state index in [1.807, 2.05) is 24.3 Å². The Bertz CT molecular complexity index is 1250. The van der Waals surface area contributed by atoms with Crippen LogP contribution in [0.1, 0.15) is 42.1 Å². The number of aromatic amines is 1. The van der Waals surface area contributed by atoms with Crippen LogP contribution >= 0.6 is 0 Å². The Morgan fingerprint density at radius 3 is 2.62 bits per heavy atom. The van der Waals surface area contributed by atoms with E-state index in [2.05, 4.69) is 16.0 Å². The highest BCUT2D eigenvalue weighted by Gasteiger charge is 2.48. The number of likely N-dealkylation sites (tertiary alicyclic amines) is 1. The molecule has 2 saturated heterocycles. The highest BCUT2D eigenvalue weighted by Crippen LogP contribution is 2.43. The third-order valence-electron chi connectivity index (χ3n) is 7.66. The summed E-state index contributed by atoms with van der Waals surface area (Å²) in [6.07, 6.45) is 4.19. The zero-order valence-corrected chi connectivity index (χ0v) is 19.2. The molecule has 7 nitrogen and oxygen atoms in total. The van der Waals surface area contributed by atoms with Gasteiger partial charge in [-0.25, -0.2) is 0 Å². The molecule has 2 amide bonds. The maximum atomic E-state index is 13.7. The molecule has 3 aliphatic heterocycles. The molecule has 1 aromatic heterocycles. The minimum atomic E-state index is -0.540. The van der Waals surface area contributed by atoms with Crippen molar-refractivity contribution in [3.05, 3.63) is 65.4 Å².